The monoisotopic (exact) mass is 300 g/mol. The molecule has 2 aromatic heterocycles. The lowest BCUT2D eigenvalue weighted by atomic mass is 10.1. The molecule has 7 nitrogen and oxygen atoms in total. The minimum Gasteiger partial charge on any atom is -0.368 e. The van der Waals surface area contributed by atoms with Gasteiger partial charge in [-0.05, 0) is 31.4 Å². The second kappa shape index (κ2) is 7.02. The fourth-order valence-electron chi connectivity index (χ4n) is 2.63. The quantitative estimate of drug-likeness (QED) is 0.903. The first-order valence-corrected chi connectivity index (χ1v) is 7.67. The standard InChI is InChI=1S/C15H20N6O/c22-15(20-9-2-1-3-10-20)13-5-4-6-16-14(13)17-7-11-21-12-8-18-19-21/h4-6,8,12H,1-3,7,9-11H2,(H,16,17). The van der Waals surface area contributed by atoms with Crippen LogP contribution in [0.1, 0.15) is 29.6 Å². The Kier molecular flexibility index (Phi) is 4.62. The largest absolute Gasteiger partial charge is 0.368 e. The number of anilines is 1. The van der Waals surface area contributed by atoms with Gasteiger partial charge < -0.3 is 10.2 Å². The molecule has 1 fully saturated rings. The van der Waals surface area contributed by atoms with E-state index < -0.39 is 0 Å². The first-order chi connectivity index (χ1) is 10.8. The van der Waals surface area contributed by atoms with Gasteiger partial charge in [0.2, 0.25) is 0 Å². The summed E-state index contributed by atoms with van der Waals surface area (Å²) in [6.45, 7) is 2.99. The molecule has 0 radical (unpaired) electrons. The van der Waals surface area contributed by atoms with Crippen molar-refractivity contribution in [2.45, 2.75) is 25.8 Å². The van der Waals surface area contributed by atoms with E-state index in [-0.39, 0.29) is 5.91 Å². The smallest absolute Gasteiger partial charge is 0.257 e. The average Bonchev–Trinajstić information content (AvgIpc) is 3.09. The molecule has 1 amide bonds. The van der Waals surface area contributed by atoms with Crippen LogP contribution in [0.25, 0.3) is 0 Å². The lowest BCUT2D eigenvalue weighted by molar-refractivity contribution is 0.0725. The lowest BCUT2D eigenvalue weighted by Crippen LogP contribution is -2.36. The Morgan fingerprint density at radius 3 is 2.86 bits per heavy atom. The number of rotatable bonds is 5. The van der Waals surface area contributed by atoms with E-state index in [4.69, 9.17) is 0 Å². The van der Waals surface area contributed by atoms with E-state index in [9.17, 15) is 4.79 Å². The second-order valence-corrected chi connectivity index (χ2v) is 5.35. The fraction of sp³-hybridized carbons (Fsp3) is 0.467. The molecule has 0 bridgehead atoms. The molecule has 0 saturated carbocycles. The number of nitrogens with one attached hydrogen (secondary N) is 1. The summed E-state index contributed by atoms with van der Waals surface area (Å²) in [5.41, 5.74) is 0.642. The third kappa shape index (κ3) is 3.41. The maximum atomic E-state index is 12.6. The summed E-state index contributed by atoms with van der Waals surface area (Å²) in [5, 5.41) is 10.9. The van der Waals surface area contributed by atoms with Crippen LogP contribution in [0.5, 0.6) is 0 Å². The highest BCUT2D eigenvalue weighted by atomic mass is 16.2. The Balaban J connectivity index is 1.65. The van der Waals surface area contributed by atoms with Crippen LogP contribution < -0.4 is 5.32 Å². The maximum Gasteiger partial charge on any atom is 0.257 e. The van der Waals surface area contributed by atoms with E-state index in [2.05, 4.69) is 20.6 Å². The molecule has 0 aliphatic carbocycles. The molecular formula is C15H20N6O. The van der Waals surface area contributed by atoms with Crippen LogP contribution in [0, 0.1) is 0 Å². The predicted octanol–water partition coefficient (Wildman–Crippen LogP) is 1.41. The molecule has 1 aliphatic heterocycles. The lowest BCUT2D eigenvalue weighted by Gasteiger charge is -2.27. The minimum atomic E-state index is 0.0658. The van der Waals surface area contributed by atoms with Gasteiger partial charge in [-0.25, -0.2) is 4.98 Å². The number of amides is 1. The zero-order chi connectivity index (χ0) is 15.2. The molecule has 3 rings (SSSR count). The number of piperidine rings is 1. The Morgan fingerprint density at radius 2 is 2.09 bits per heavy atom. The van der Waals surface area contributed by atoms with Gasteiger partial charge in [0.05, 0.1) is 18.3 Å². The minimum absolute atomic E-state index is 0.0658. The SMILES string of the molecule is O=C(c1cccnc1NCCn1ccnn1)N1CCCCC1. The van der Waals surface area contributed by atoms with Gasteiger partial charge in [0.15, 0.2) is 0 Å². The zero-order valence-corrected chi connectivity index (χ0v) is 12.5. The van der Waals surface area contributed by atoms with E-state index in [1.807, 2.05) is 11.0 Å². The van der Waals surface area contributed by atoms with Crippen LogP contribution >= 0.6 is 0 Å². The summed E-state index contributed by atoms with van der Waals surface area (Å²) < 4.78 is 1.74. The van der Waals surface area contributed by atoms with Crippen molar-refractivity contribution in [2.75, 3.05) is 25.0 Å². The van der Waals surface area contributed by atoms with Gasteiger partial charge >= 0.3 is 0 Å². The van der Waals surface area contributed by atoms with E-state index in [0.717, 1.165) is 25.9 Å². The van der Waals surface area contributed by atoms with Gasteiger partial charge in [-0.15, -0.1) is 5.10 Å². The van der Waals surface area contributed by atoms with Crippen molar-refractivity contribution < 1.29 is 4.79 Å². The van der Waals surface area contributed by atoms with Crippen LogP contribution in [0.2, 0.25) is 0 Å². The van der Waals surface area contributed by atoms with E-state index in [1.165, 1.54) is 6.42 Å². The highest BCUT2D eigenvalue weighted by molar-refractivity contribution is 5.98. The summed E-state index contributed by atoms with van der Waals surface area (Å²) >= 11 is 0. The molecule has 3 heterocycles. The number of nitrogens with zero attached hydrogens (tertiary/aromatic N) is 5. The van der Waals surface area contributed by atoms with Crippen LogP contribution in [0.15, 0.2) is 30.7 Å². The molecular weight excluding hydrogens is 280 g/mol. The normalized spacial score (nSPS) is 14.8. The van der Waals surface area contributed by atoms with Gasteiger partial charge in [0.25, 0.3) is 5.91 Å². The molecule has 0 aromatic carbocycles. The third-order valence-electron chi connectivity index (χ3n) is 3.79. The number of likely N-dealkylation sites (tertiary alicyclic amines) is 1. The van der Waals surface area contributed by atoms with Crippen molar-refractivity contribution in [1.82, 2.24) is 24.9 Å². The van der Waals surface area contributed by atoms with E-state index in [0.29, 0.717) is 24.5 Å². The van der Waals surface area contributed by atoms with Crippen LogP contribution in [0.3, 0.4) is 0 Å². The highest BCUT2D eigenvalue weighted by Gasteiger charge is 2.21. The number of aromatic nitrogens is 4. The average molecular weight is 300 g/mol. The van der Waals surface area contributed by atoms with Gasteiger partial charge in [-0.1, -0.05) is 5.21 Å². The molecule has 0 spiro atoms. The van der Waals surface area contributed by atoms with Crippen molar-refractivity contribution in [3.8, 4) is 0 Å². The molecule has 0 unspecified atom stereocenters. The number of carbonyl (C=O) groups is 1. The molecule has 116 valence electrons. The molecule has 0 atom stereocenters. The summed E-state index contributed by atoms with van der Waals surface area (Å²) in [6.07, 6.45) is 8.53. The number of pyridine rings is 1. The van der Waals surface area contributed by atoms with Crippen LogP contribution in [-0.2, 0) is 6.54 Å². The predicted molar refractivity (Wildman–Crippen MR) is 82.5 cm³/mol. The topological polar surface area (TPSA) is 75.9 Å². The summed E-state index contributed by atoms with van der Waals surface area (Å²) in [4.78, 5) is 18.9. The third-order valence-corrected chi connectivity index (χ3v) is 3.79. The molecule has 22 heavy (non-hydrogen) atoms. The molecule has 1 N–H and O–H groups in total. The van der Waals surface area contributed by atoms with E-state index in [1.54, 1.807) is 29.3 Å². The van der Waals surface area contributed by atoms with Crippen molar-refractivity contribution in [3.05, 3.63) is 36.3 Å². The highest BCUT2D eigenvalue weighted by Crippen LogP contribution is 2.17. The van der Waals surface area contributed by atoms with Gasteiger partial charge in [0.1, 0.15) is 5.82 Å². The van der Waals surface area contributed by atoms with Crippen molar-refractivity contribution in [1.29, 1.82) is 0 Å². The van der Waals surface area contributed by atoms with Gasteiger partial charge in [0, 0.05) is 32.0 Å². The zero-order valence-electron chi connectivity index (χ0n) is 12.5. The van der Waals surface area contributed by atoms with E-state index >= 15 is 0 Å². The fourth-order valence-corrected chi connectivity index (χ4v) is 2.63. The Labute approximate surface area is 129 Å². The Hall–Kier alpha value is -2.44. The maximum absolute atomic E-state index is 12.6. The van der Waals surface area contributed by atoms with Crippen LogP contribution in [-0.4, -0.2) is 50.4 Å². The van der Waals surface area contributed by atoms with Crippen molar-refractivity contribution >= 4 is 11.7 Å². The molecule has 2 aromatic rings. The van der Waals surface area contributed by atoms with Crippen LogP contribution in [0.4, 0.5) is 5.82 Å². The van der Waals surface area contributed by atoms with Crippen molar-refractivity contribution in [3.63, 3.8) is 0 Å². The second-order valence-electron chi connectivity index (χ2n) is 5.35. The first kappa shape index (κ1) is 14.5. The summed E-state index contributed by atoms with van der Waals surface area (Å²) in [5.74, 6) is 0.703. The van der Waals surface area contributed by atoms with Crippen molar-refractivity contribution in [2.24, 2.45) is 0 Å². The molecule has 1 saturated heterocycles. The summed E-state index contributed by atoms with van der Waals surface area (Å²) in [6, 6.07) is 3.64. The Bertz CT molecular complexity index is 606. The Morgan fingerprint density at radius 1 is 1.23 bits per heavy atom. The molecule has 1 aliphatic rings. The number of hydrogen-bond acceptors (Lipinski definition) is 5. The summed E-state index contributed by atoms with van der Waals surface area (Å²) in [7, 11) is 0. The molecule has 7 heteroatoms. The van der Waals surface area contributed by atoms with Gasteiger partial charge in [-0.2, -0.15) is 0 Å². The number of hydrogen-bond donors (Lipinski definition) is 1. The number of carbonyl (C=O) groups excluding carboxylic acids is 1. The van der Waals surface area contributed by atoms with Gasteiger partial charge in [-0.3, -0.25) is 9.48 Å². The first-order valence-electron chi connectivity index (χ1n) is 7.67.